The fraction of sp³-hybridized carbons (Fsp3) is 0.120. The zero-order valence-electron chi connectivity index (χ0n) is 30.1. The lowest BCUT2D eigenvalue weighted by atomic mass is 9.86. The summed E-state index contributed by atoms with van der Waals surface area (Å²) in [4.78, 5) is 0. The molecule has 0 bridgehead atoms. The molecule has 0 aliphatic heterocycles. The van der Waals surface area contributed by atoms with Gasteiger partial charge in [-0.25, -0.2) is 0 Å². The molecule has 50 heavy (non-hydrogen) atoms. The minimum Gasteiger partial charge on any atom is -0.0984 e. The molecule has 0 radical (unpaired) electrons. The lowest BCUT2D eigenvalue weighted by Crippen LogP contribution is -1.93. The SMILES string of the molecule is C=Cc1cc(-c2cc3cc(-c4ccc5ccc6cccc7ccc4c5c67)ccc3c3ccccc23)cc2ccc(C)c(C(=C)C)c12.CC.CC. The van der Waals surface area contributed by atoms with Crippen molar-refractivity contribution in [2.24, 2.45) is 0 Å². The van der Waals surface area contributed by atoms with E-state index < -0.39 is 0 Å². The molecule has 0 aliphatic rings. The molecular weight excluding hydrogens is 601 g/mol. The number of fused-ring (bicyclic) bond motifs is 4. The van der Waals surface area contributed by atoms with Crippen molar-refractivity contribution in [3.8, 4) is 22.3 Å². The van der Waals surface area contributed by atoms with Gasteiger partial charge < -0.3 is 0 Å². The fourth-order valence-electron chi connectivity index (χ4n) is 7.98. The van der Waals surface area contributed by atoms with Gasteiger partial charge in [-0.05, 0) is 142 Å². The standard InChI is InChI=1S/C46H32.2C2H6/c1-5-29-23-35(25-34-14-13-28(4)43(27(2)3)44(29)34)42-26-36-24-33(19-21-38(36)39-11-6-7-12-40(39)42)37-20-17-32-16-15-30-9-8-10-31-18-22-41(37)46(32)45(30)31;2*1-2/h5-26H,1-2H2,3-4H3;2*1-2H3. The van der Waals surface area contributed by atoms with Crippen LogP contribution < -0.4 is 0 Å². The smallest absolute Gasteiger partial charge is 0.00206 e. The fourth-order valence-corrected chi connectivity index (χ4v) is 7.98. The Morgan fingerprint density at radius 1 is 0.480 bits per heavy atom. The van der Waals surface area contributed by atoms with E-state index in [1.807, 2.05) is 33.8 Å². The van der Waals surface area contributed by atoms with Crippen LogP contribution in [0, 0.1) is 6.92 Å². The summed E-state index contributed by atoms with van der Waals surface area (Å²) in [5, 5.41) is 15.4. The first-order valence-electron chi connectivity index (χ1n) is 18.0. The molecule has 0 heterocycles. The first-order valence-corrected chi connectivity index (χ1v) is 18.0. The van der Waals surface area contributed by atoms with E-state index in [-0.39, 0.29) is 0 Å². The van der Waals surface area contributed by atoms with Crippen molar-refractivity contribution in [3.63, 3.8) is 0 Å². The van der Waals surface area contributed by atoms with Crippen LogP contribution in [0.5, 0.6) is 0 Å². The van der Waals surface area contributed by atoms with Gasteiger partial charge in [0.2, 0.25) is 0 Å². The molecule has 0 atom stereocenters. The van der Waals surface area contributed by atoms with E-state index in [0.29, 0.717) is 0 Å². The van der Waals surface area contributed by atoms with Crippen LogP contribution in [0.15, 0.2) is 141 Å². The normalized spacial score (nSPS) is 11.2. The third kappa shape index (κ3) is 5.15. The maximum Gasteiger partial charge on any atom is -0.00206 e. The second kappa shape index (κ2) is 13.3. The molecular formula is C50H44. The van der Waals surface area contributed by atoms with Crippen molar-refractivity contribution in [1.82, 2.24) is 0 Å². The van der Waals surface area contributed by atoms with Crippen LogP contribution in [0.1, 0.15) is 51.3 Å². The topological polar surface area (TPSA) is 0 Å². The second-order valence-electron chi connectivity index (χ2n) is 12.8. The monoisotopic (exact) mass is 644 g/mol. The molecule has 0 heteroatoms. The molecule has 0 N–H and O–H groups in total. The number of hydrogen-bond donors (Lipinski definition) is 0. The predicted octanol–water partition coefficient (Wildman–Crippen LogP) is 15.4. The molecule has 9 rings (SSSR count). The molecule has 9 aromatic carbocycles. The summed E-state index contributed by atoms with van der Waals surface area (Å²) < 4.78 is 0. The molecule has 244 valence electrons. The van der Waals surface area contributed by atoms with Gasteiger partial charge in [-0.2, -0.15) is 0 Å². The Morgan fingerprint density at radius 2 is 1.10 bits per heavy atom. The highest BCUT2D eigenvalue weighted by molar-refractivity contribution is 6.26. The van der Waals surface area contributed by atoms with Gasteiger partial charge in [0.15, 0.2) is 0 Å². The van der Waals surface area contributed by atoms with Crippen LogP contribution >= 0.6 is 0 Å². The Labute approximate surface area is 296 Å². The number of rotatable bonds is 4. The summed E-state index contributed by atoms with van der Waals surface area (Å²) in [5.41, 5.74) is 9.62. The van der Waals surface area contributed by atoms with E-state index in [2.05, 4.69) is 154 Å². The Hall–Kier alpha value is -5.72. The van der Waals surface area contributed by atoms with Crippen LogP contribution in [0.4, 0.5) is 0 Å². The third-order valence-corrected chi connectivity index (χ3v) is 10.0. The van der Waals surface area contributed by atoms with E-state index in [1.165, 1.54) is 98.0 Å². The van der Waals surface area contributed by atoms with Gasteiger partial charge in [0.05, 0.1) is 0 Å². The van der Waals surface area contributed by atoms with Crippen LogP contribution in [0.3, 0.4) is 0 Å². The quantitative estimate of drug-likeness (QED) is 0.167. The molecule has 0 amide bonds. The molecule has 0 fully saturated rings. The number of hydrogen-bond acceptors (Lipinski definition) is 0. The first kappa shape index (κ1) is 32.8. The number of benzene rings is 9. The van der Waals surface area contributed by atoms with Crippen LogP contribution in [0.25, 0.3) is 98.5 Å². The molecule has 0 saturated carbocycles. The minimum absolute atomic E-state index is 1.08. The van der Waals surface area contributed by atoms with Gasteiger partial charge in [-0.1, -0.05) is 156 Å². The van der Waals surface area contributed by atoms with Gasteiger partial charge in [0.1, 0.15) is 0 Å². The van der Waals surface area contributed by atoms with Gasteiger partial charge in [0, 0.05) is 0 Å². The maximum atomic E-state index is 4.31. The van der Waals surface area contributed by atoms with E-state index in [1.54, 1.807) is 0 Å². The van der Waals surface area contributed by atoms with E-state index in [0.717, 1.165) is 11.1 Å². The summed E-state index contributed by atoms with van der Waals surface area (Å²) in [6.45, 7) is 20.8. The zero-order chi connectivity index (χ0) is 35.1. The van der Waals surface area contributed by atoms with Gasteiger partial charge >= 0.3 is 0 Å². The Balaban J connectivity index is 0.000000948. The van der Waals surface area contributed by atoms with Gasteiger partial charge in [-0.15, -0.1) is 0 Å². The van der Waals surface area contributed by atoms with Crippen molar-refractivity contribution in [1.29, 1.82) is 0 Å². The first-order chi connectivity index (χ1) is 24.5. The summed E-state index contributed by atoms with van der Waals surface area (Å²) in [6, 6.07) is 47.6. The molecule has 0 spiro atoms. The second-order valence-corrected chi connectivity index (χ2v) is 12.8. The van der Waals surface area contributed by atoms with Crippen molar-refractivity contribution in [2.75, 3.05) is 0 Å². The molecule has 0 aliphatic carbocycles. The Morgan fingerprint density at radius 3 is 1.82 bits per heavy atom. The van der Waals surface area contributed by atoms with E-state index in [9.17, 15) is 0 Å². The molecule has 0 unspecified atom stereocenters. The Kier molecular flexibility index (Phi) is 8.72. The summed E-state index contributed by atoms with van der Waals surface area (Å²) in [7, 11) is 0. The van der Waals surface area contributed by atoms with Crippen molar-refractivity contribution < 1.29 is 0 Å². The Bertz CT molecular complexity index is 2720. The number of aryl methyl sites for hydroxylation is 1. The largest absolute Gasteiger partial charge is 0.0984 e. The predicted molar refractivity (Wildman–Crippen MR) is 226 cm³/mol. The molecule has 0 saturated heterocycles. The average Bonchev–Trinajstić information content (AvgIpc) is 3.17. The zero-order valence-corrected chi connectivity index (χ0v) is 30.1. The molecule has 0 nitrogen and oxygen atoms in total. The molecule has 9 aromatic rings. The van der Waals surface area contributed by atoms with Gasteiger partial charge in [0.25, 0.3) is 0 Å². The van der Waals surface area contributed by atoms with Crippen LogP contribution in [0.2, 0.25) is 0 Å². The highest BCUT2D eigenvalue weighted by atomic mass is 14.2. The number of allylic oxidation sites excluding steroid dienone is 1. The van der Waals surface area contributed by atoms with E-state index >= 15 is 0 Å². The van der Waals surface area contributed by atoms with Crippen molar-refractivity contribution in [2.45, 2.75) is 41.5 Å². The van der Waals surface area contributed by atoms with Crippen molar-refractivity contribution >= 4 is 76.3 Å². The summed E-state index contributed by atoms with van der Waals surface area (Å²) in [6.07, 6.45) is 1.99. The van der Waals surface area contributed by atoms with Gasteiger partial charge in [-0.3, -0.25) is 0 Å². The maximum absolute atomic E-state index is 4.31. The highest BCUT2D eigenvalue weighted by Crippen LogP contribution is 2.43. The lowest BCUT2D eigenvalue weighted by molar-refractivity contribution is 1.44. The van der Waals surface area contributed by atoms with E-state index in [4.69, 9.17) is 0 Å². The third-order valence-electron chi connectivity index (χ3n) is 10.0. The molecule has 0 aromatic heterocycles. The van der Waals surface area contributed by atoms with Crippen LogP contribution in [-0.4, -0.2) is 0 Å². The van der Waals surface area contributed by atoms with Crippen LogP contribution in [-0.2, 0) is 0 Å². The average molecular weight is 645 g/mol. The van der Waals surface area contributed by atoms with Crippen molar-refractivity contribution in [3.05, 3.63) is 157 Å². The highest BCUT2D eigenvalue weighted by Gasteiger charge is 2.16. The summed E-state index contributed by atoms with van der Waals surface area (Å²) >= 11 is 0. The summed E-state index contributed by atoms with van der Waals surface area (Å²) in [5.74, 6) is 0. The minimum atomic E-state index is 1.08. The lowest BCUT2D eigenvalue weighted by Gasteiger charge is -2.17.